The molecule has 0 radical (unpaired) electrons. The third-order valence-corrected chi connectivity index (χ3v) is 2.05. The minimum atomic E-state index is 0.0215. The monoisotopic (exact) mass is 208 g/mol. The van der Waals surface area contributed by atoms with Gasteiger partial charge in [-0.25, -0.2) is 4.98 Å². The van der Waals surface area contributed by atoms with Crippen LogP contribution >= 0.6 is 0 Å². The van der Waals surface area contributed by atoms with Gasteiger partial charge < -0.3 is 4.90 Å². The maximum atomic E-state index is 11.8. The van der Waals surface area contributed by atoms with Crippen LogP contribution in [0.15, 0.2) is 18.0 Å². The van der Waals surface area contributed by atoms with Crippen LogP contribution in [-0.2, 0) is 11.3 Å². The van der Waals surface area contributed by atoms with Crippen LogP contribution in [0.25, 0.3) is 0 Å². The van der Waals surface area contributed by atoms with Crippen LogP contribution in [0.5, 0.6) is 0 Å². The smallest absolute Gasteiger partial charge is 0.249 e. The number of nitrogens with one attached hydrogen (secondary N) is 1. The number of aromatic amines is 1. The summed E-state index contributed by atoms with van der Waals surface area (Å²) in [6.45, 7) is 4.28. The summed E-state index contributed by atoms with van der Waals surface area (Å²) in [6, 6.07) is 0. The number of rotatable bonds is 4. The SMILES string of the molecule is CCC=C(C)C(=O)N(C)Cc1ncn[nH]1. The lowest BCUT2D eigenvalue weighted by Crippen LogP contribution is -2.27. The number of nitrogens with zero attached hydrogens (tertiary/aromatic N) is 3. The first-order valence-electron chi connectivity index (χ1n) is 4.91. The molecule has 5 nitrogen and oxygen atoms in total. The van der Waals surface area contributed by atoms with Gasteiger partial charge in [0.05, 0.1) is 6.54 Å². The highest BCUT2D eigenvalue weighted by Crippen LogP contribution is 2.03. The zero-order chi connectivity index (χ0) is 11.3. The van der Waals surface area contributed by atoms with Gasteiger partial charge in [-0.2, -0.15) is 5.10 Å². The summed E-state index contributed by atoms with van der Waals surface area (Å²) >= 11 is 0. The molecule has 0 fully saturated rings. The molecule has 0 atom stereocenters. The summed E-state index contributed by atoms with van der Waals surface area (Å²) in [5.74, 6) is 0.711. The molecule has 1 N–H and O–H groups in total. The van der Waals surface area contributed by atoms with Crippen molar-refractivity contribution < 1.29 is 4.79 Å². The number of amides is 1. The van der Waals surface area contributed by atoms with Crippen molar-refractivity contribution >= 4 is 5.91 Å². The third-order valence-electron chi connectivity index (χ3n) is 2.05. The number of carbonyl (C=O) groups is 1. The second-order valence-corrected chi connectivity index (χ2v) is 3.39. The van der Waals surface area contributed by atoms with Crippen molar-refractivity contribution in [3.8, 4) is 0 Å². The molecule has 1 rings (SSSR count). The summed E-state index contributed by atoms with van der Waals surface area (Å²) in [4.78, 5) is 17.3. The molecule has 0 aromatic carbocycles. The molecule has 0 aliphatic heterocycles. The zero-order valence-electron chi connectivity index (χ0n) is 9.32. The molecule has 1 heterocycles. The molecule has 0 aliphatic carbocycles. The van der Waals surface area contributed by atoms with Crippen LogP contribution in [-0.4, -0.2) is 33.0 Å². The van der Waals surface area contributed by atoms with E-state index in [-0.39, 0.29) is 5.91 Å². The molecule has 0 saturated carbocycles. The number of carbonyl (C=O) groups excluding carboxylic acids is 1. The predicted molar refractivity (Wildman–Crippen MR) is 56.9 cm³/mol. The van der Waals surface area contributed by atoms with Crippen molar-refractivity contribution in [3.63, 3.8) is 0 Å². The summed E-state index contributed by atoms with van der Waals surface area (Å²) < 4.78 is 0. The Hall–Kier alpha value is -1.65. The van der Waals surface area contributed by atoms with Gasteiger partial charge in [0.1, 0.15) is 12.2 Å². The van der Waals surface area contributed by atoms with Gasteiger partial charge in [0.25, 0.3) is 0 Å². The van der Waals surface area contributed by atoms with Gasteiger partial charge in [0.2, 0.25) is 5.91 Å². The highest BCUT2D eigenvalue weighted by Gasteiger charge is 2.11. The van der Waals surface area contributed by atoms with Gasteiger partial charge in [-0.15, -0.1) is 0 Å². The highest BCUT2D eigenvalue weighted by atomic mass is 16.2. The fraction of sp³-hybridized carbons (Fsp3) is 0.500. The Labute approximate surface area is 89.2 Å². The number of likely N-dealkylation sites (N-methyl/N-ethyl adjacent to an activating group) is 1. The highest BCUT2D eigenvalue weighted by molar-refractivity contribution is 5.92. The lowest BCUT2D eigenvalue weighted by molar-refractivity contribution is -0.126. The van der Waals surface area contributed by atoms with Crippen molar-refractivity contribution in [3.05, 3.63) is 23.8 Å². The minimum absolute atomic E-state index is 0.0215. The lowest BCUT2D eigenvalue weighted by Gasteiger charge is -2.15. The average molecular weight is 208 g/mol. The Morgan fingerprint density at radius 2 is 2.40 bits per heavy atom. The second kappa shape index (κ2) is 5.29. The van der Waals surface area contributed by atoms with Crippen LogP contribution in [0, 0.1) is 0 Å². The number of H-pyrrole nitrogens is 1. The lowest BCUT2D eigenvalue weighted by atomic mass is 10.2. The Balaban J connectivity index is 2.57. The minimum Gasteiger partial charge on any atom is -0.334 e. The first-order valence-corrected chi connectivity index (χ1v) is 4.91. The first-order chi connectivity index (χ1) is 7.15. The Morgan fingerprint density at radius 1 is 1.67 bits per heavy atom. The molecule has 1 amide bonds. The molecule has 0 bridgehead atoms. The Kier molecular flexibility index (Phi) is 4.03. The van der Waals surface area contributed by atoms with Crippen LogP contribution in [0.1, 0.15) is 26.1 Å². The molecule has 1 aromatic rings. The Morgan fingerprint density at radius 3 is 2.93 bits per heavy atom. The van der Waals surface area contributed by atoms with E-state index in [1.807, 2.05) is 19.9 Å². The molecule has 15 heavy (non-hydrogen) atoms. The molecule has 0 unspecified atom stereocenters. The van der Waals surface area contributed by atoms with Crippen molar-refractivity contribution in [1.82, 2.24) is 20.1 Å². The number of aromatic nitrogens is 3. The molecular weight excluding hydrogens is 192 g/mol. The summed E-state index contributed by atoms with van der Waals surface area (Å²) in [5, 5.41) is 6.45. The molecule has 5 heteroatoms. The fourth-order valence-corrected chi connectivity index (χ4v) is 1.30. The van der Waals surface area contributed by atoms with E-state index in [0.717, 1.165) is 12.0 Å². The topological polar surface area (TPSA) is 61.9 Å². The standard InChI is InChI=1S/C10H16N4O/c1-4-5-8(2)10(15)14(3)6-9-11-7-12-13-9/h5,7H,4,6H2,1-3H3,(H,11,12,13). The molecule has 0 spiro atoms. The normalized spacial score (nSPS) is 11.5. The maximum absolute atomic E-state index is 11.8. The van der Waals surface area contributed by atoms with Crippen LogP contribution in [0.3, 0.4) is 0 Å². The summed E-state index contributed by atoms with van der Waals surface area (Å²) in [7, 11) is 1.75. The van der Waals surface area contributed by atoms with E-state index in [1.165, 1.54) is 6.33 Å². The van der Waals surface area contributed by atoms with E-state index < -0.39 is 0 Å². The van der Waals surface area contributed by atoms with Gasteiger partial charge in [0, 0.05) is 12.6 Å². The van der Waals surface area contributed by atoms with Crippen molar-refractivity contribution in [2.24, 2.45) is 0 Å². The van der Waals surface area contributed by atoms with E-state index in [1.54, 1.807) is 11.9 Å². The van der Waals surface area contributed by atoms with E-state index >= 15 is 0 Å². The van der Waals surface area contributed by atoms with Gasteiger partial charge in [-0.05, 0) is 13.3 Å². The van der Waals surface area contributed by atoms with Crippen LogP contribution in [0.2, 0.25) is 0 Å². The summed E-state index contributed by atoms with van der Waals surface area (Å²) in [6.07, 6.45) is 4.22. The largest absolute Gasteiger partial charge is 0.334 e. The van der Waals surface area contributed by atoms with E-state index in [4.69, 9.17) is 0 Å². The fourth-order valence-electron chi connectivity index (χ4n) is 1.30. The molecule has 82 valence electrons. The zero-order valence-corrected chi connectivity index (χ0v) is 9.32. The molecule has 0 aliphatic rings. The Bertz CT molecular complexity index is 342. The van der Waals surface area contributed by atoms with Crippen molar-refractivity contribution in [2.45, 2.75) is 26.8 Å². The van der Waals surface area contributed by atoms with Gasteiger partial charge in [0.15, 0.2) is 0 Å². The first kappa shape index (κ1) is 11.4. The van der Waals surface area contributed by atoms with E-state index in [0.29, 0.717) is 12.4 Å². The average Bonchev–Trinajstić information content (AvgIpc) is 2.69. The quantitative estimate of drug-likeness (QED) is 0.754. The summed E-state index contributed by atoms with van der Waals surface area (Å²) in [5.41, 5.74) is 0.763. The third kappa shape index (κ3) is 3.19. The number of allylic oxidation sites excluding steroid dienone is 1. The van der Waals surface area contributed by atoms with Crippen LogP contribution < -0.4 is 0 Å². The molecule has 1 aromatic heterocycles. The second-order valence-electron chi connectivity index (χ2n) is 3.39. The molecular formula is C10H16N4O. The van der Waals surface area contributed by atoms with Gasteiger partial charge in [-0.1, -0.05) is 13.0 Å². The van der Waals surface area contributed by atoms with Crippen LogP contribution in [0.4, 0.5) is 0 Å². The number of hydrogen-bond acceptors (Lipinski definition) is 3. The van der Waals surface area contributed by atoms with Gasteiger partial charge in [-0.3, -0.25) is 9.89 Å². The maximum Gasteiger partial charge on any atom is 0.249 e. The molecule has 0 saturated heterocycles. The van der Waals surface area contributed by atoms with E-state index in [2.05, 4.69) is 15.2 Å². The van der Waals surface area contributed by atoms with E-state index in [9.17, 15) is 4.79 Å². The van der Waals surface area contributed by atoms with Crippen molar-refractivity contribution in [1.29, 1.82) is 0 Å². The van der Waals surface area contributed by atoms with Gasteiger partial charge >= 0.3 is 0 Å². The number of hydrogen-bond donors (Lipinski definition) is 1. The predicted octanol–water partition coefficient (Wildman–Crippen LogP) is 1.12. The van der Waals surface area contributed by atoms with Crippen molar-refractivity contribution in [2.75, 3.05) is 7.05 Å².